The summed E-state index contributed by atoms with van der Waals surface area (Å²) in [7, 11) is 0. The van der Waals surface area contributed by atoms with Gasteiger partial charge in [0.25, 0.3) is 0 Å². The van der Waals surface area contributed by atoms with Crippen LogP contribution in [-0.4, -0.2) is 13.2 Å². The maximum Gasteiger partial charge on any atom is 0.0931 e. The van der Waals surface area contributed by atoms with Crippen LogP contribution in [0.3, 0.4) is 0 Å². The average Bonchev–Trinajstić information content (AvgIpc) is 2.68. The molecular formula is C10H15ClN2OS. The minimum atomic E-state index is 0.214. The van der Waals surface area contributed by atoms with Crippen LogP contribution in [0.2, 0.25) is 4.34 Å². The summed E-state index contributed by atoms with van der Waals surface area (Å²) in [5.74, 6) is 6.17. The topological polar surface area (TPSA) is 47.3 Å². The molecule has 5 heteroatoms. The minimum absolute atomic E-state index is 0.214. The lowest BCUT2D eigenvalue weighted by atomic mass is 9.91. The van der Waals surface area contributed by atoms with Crippen LogP contribution in [0.25, 0.3) is 0 Å². The third-order valence-electron chi connectivity index (χ3n) is 2.82. The Morgan fingerprint density at radius 1 is 1.47 bits per heavy atom. The Morgan fingerprint density at radius 3 is 2.73 bits per heavy atom. The van der Waals surface area contributed by atoms with E-state index in [9.17, 15) is 0 Å². The largest absolute Gasteiger partial charge is 0.381 e. The minimum Gasteiger partial charge on any atom is -0.381 e. The van der Waals surface area contributed by atoms with E-state index in [1.807, 2.05) is 12.1 Å². The highest BCUT2D eigenvalue weighted by molar-refractivity contribution is 7.16. The zero-order chi connectivity index (χ0) is 10.7. The molecule has 1 aromatic heterocycles. The number of rotatable bonds is 3. The molecule has 0 radical (unpaired) electrons. The van der Waals surface area contributed by atoms with Crippen molar-refractivity contribution >= 4 is 22.9 Å². The first-order valence-corrected chi connectivity index (χ1v) is 6.30. The summed E-state index contributed by atoms with van der Waals surface area (Å²) in [6.45, 7) is 1.67. The molecule has 0 aliphatic carbocycles. The lowest BCUT2D eigenvalue weighted by Crippen LogP contribution is -2.35. The molecule has 0 saturated carbocycles. The molecule has 0 bridgehead atoms. The molecule has 15 heavy (non-hydrogen) atoms. The van der Waals surface area contributed by atoms with Crippen LogP contribution in [0.4, 0.5) is 0 Å². The van der Waals surface area contributed by atoms with Crippen molar-refractivity contribution < 1.29 is 4.74 Å². The van der Waals surface area contributed by atoms with Crippen LogP contribution in [0, 0.1) is 5.92 Å². The lowest BCUT2D eigenvalue weighted by Gasteiger charge is -2.29. The molecule has 0 amide bonds. The Balaban J connectivity index is 2.08. The van der Waals surface area contributed by atoms with E-state index in [4.69, 9.17) is 22.2 Å². The summed E-state index contributed by atoms with van der Waals surface area (Å²) in [5, 5.41) is 0. The van der Waals surface area contributed by atoms with E-state index in [-0.39, 0.29) is 6.04 Å². The molecule has 3 nitrogen and oxygen atoms in total. The molecule has 1 atom stereocenters. The molecule has 1 unspecified atom stereocenters. The number of halogens is 1. The molecule has 1 fully saturated rings. The van der Waals surface area contributed by atoms with E-state index < -0.39 is 0 Å². The van der Waals surface area contributed by atoms with E-state index in [1.165, 1.54) is 4.88 Å². The molecule has 2 rings (SSSR count). The van der Waals surface area contributed by atoms with Gasteiger partial charge in [-0.2, -0.15) is 0 Å². The molecule has 1 aromatic rings. The van der Waals surface area contributed by atoms with E-state index in [0.29, 0.717) is 5.92 Å². The number of hydrogen-bond donors (Lipinski definition) is 2. The third kappa shape index (κ3) is 2.71. The van der Waals surface area contributed by atoms with Gasteiger partial charge in [-0.05, 0) is 30.9 Å². The standard InChI is InChI=1S/C10H15ClN2OS/c11-9-2-1-8(15-9)10(13-12)7-3-5-14-6-4-7/h1-2,7,10,13H,3-6,12H2. The maximum atomic E-state index is 5.93. The fraction of sp³-hybridized carbons (Fsp3) is 0.600. The predicted octanol–water partition coefficient (Wildman–Crippen LogP) is 2.33. The normalized spacial score (nSPS) is 20.4. The van der Waals surface area contributed by atoms with Crippen molar-refractivity contribution in [2.75, 3.05) is 13.2 Å². The van der Waals surface area contributed by atoms with Gasteiger partial charge in [-0.1, -0.05) is 11.6 Å². The highest BCUT2D eigenvalue weighted by Gasteiger charge is 2.25. The molecule has 1 aliphatic rings. The SMILES string of the molecule is NNC(c1ccc(Cl)s1)C1CCOCC1. The van der Waals surface area contributed by atoms with Crippen molar-refractivity contribution in [2.45, 2.75) is 18.9 Å². The van der Waals surface area contributed by atoms with Gasteiger partial charge in [-0.3, -0.25) is 11.3 Å². The second-order valence-corrected chi connectivity index (χ2v) is 5.48. The van der Waals surface area contributed by atoms with Gasteiger partial charge >= 0.3 is 0 Å². The second kappa shape index (κ2) is 5.27. The van der Waals surface area contributed by atoms with Gasteiger partial charge in [-0.15, -0.1) is 11.3 Å². The molecule has 0 spiro atoms. The van der Waals surface area contributed by atoms with Crippen LogP contribution in [-0.2, 0) is 4.74 Å². The van der Waals surface area contributed by atoms with Crippen LogP contribution in [0.5, 0.6) is 0 Å². The fourth-order valence-corrected chi connectivity index (χ4v) is 3.21. The quantitative estimate of drug-likeness (QED) is 0.636. The van der Waals surface area contributed by atoms with E-state index in [2.05, 4.69) is 5.43 Å². The molecule has 1 saturated heterocycles. The van der Waals surface area contributed by atoms with Crippen LogP contribution >= 0.6 is 22.9 Å². The van der Waals surface area contributed by atoms with Crippen molar-refractivity contribution in [3.8, 4) is 0 Å². The summed E-state index contributed by atoms with van der Waals surface area (Å²) >= 11 is 7.52. The summed E-state index contributed by atoms with van der Waals surface area (Å²) < 4.78 is 6.16. The number of ether oxygens (including phenoxy) is 1. The number of hydrazine groups is 1. The highest BCUT2D eigenvalue weighted by Crippen LogP contribution is 2.34. The van der Waals surface area contributed by atoms with Crippen LogP contribution in [0.15, 0.2) is 12.1 Å². The van der Waals surface area contributed by atoms with Gasteiger partial charge in [0, 0.05) is 18.1 Å². The number of thiophene rings is 1. The number of hydrogen-bond acceptors (Lipinski definition) is 4. The Labute approximate surface area is 98.5 Å². The smallest absolute Gasteiger partial charge is 0.0931 e. The Hall–Kier alpha value is -0.130. The number of nitrogens with one attached hydrogen (secondary N) is 1. The lowest BCUT2D eigenvalue weighted by molar-refractivity contribution is 0.0540. The molecular weight excluding hydrogens is 232 g/mol. The van der Waals surface area contributed by atoms with Gasteiger partial charge in [0.1, 0.15) is 0 Å². The fourth-order valence-electron chi connectivity index (χ4n) is 2.00. The zero-order valence-electron chi connectivity index (χ0n) is 8.41. The zero-order valence-corrected chi connectivity index (χ0v) is 9.98. The predicted molar refractivity (Wildman–Crippen MR) is 62.9 cm³/mol. The highest BCUT2D eigenvalue weighted by atomic mass is 35.5. The Bertz CT molecular complexity index is 312. The van der Waals surface area contributed by atoms with Crippen molar-refractivity contribution in [1.29, 1.82) is 0 Å². The van der Waals surface area contributed by atoms with Crippen molar-refractivity contribution in [3.63, 3.8) is 0 Å². The molecule has 2 heterocycles. The van der Waals surface area contributed by atoms with Crippen LogP contribution in [0.1, 0.15) is 23.8 Å². The maximum absolute atomic E-state index is 5.93. The van der Waals surface area contributed by atoms with Gasteiger partial charge in [0.15, 0.2) is 0 Å². The summed E-state index contributed by atoms with van der Waals surface area (Å²) in [6.07, 6.45) is 2.12. The molecule has 3 N–H and O–H groups in total. The second-order valence-electron chi connectivity index (χ2n) is 3.74. The third-order valence-corrected chi connectivity index (χ3v) is 4.13. The first-order valence-electron chi connectivity index (χ1n) is 5.10. The van der Waals surface area contributed by atoms with Crippen molar-refractivity contribution in [2.24, 2.45) is 11.8 Å². The van der Waals surface area contributed by atoms with Crippen molar-refractivity contribution in [3.05, 3.63) is 21.3 Å². The Morgan fingerprint density at radius 2 is 2.20 bits per heavy atom. The first kappa shape index (κ1) is 11.4. The van der Waals surface area contributed by atoms with Gasteiger partial charge in [-0.25, -0.2) is 0 Å². The monoisotopic (exact) mass is 246 g/mol. The van der Waals surface area contributed by atoms with E-state index in [1.54, 1.807) is 11.3 Å². The van der Waals surface area contributed by atoms with Gasteiger partial charge in [0.2, 0.25) is 0 Å². The molecule has 1 aliphatic heterocycles. The average molecular weight is 247 g/mol. The summed E-state index contributed by atoms with van der Waals surface area (Å²) in [5.41, 5.74) is 2.90. The van der Waals surface area contributed by atoms with E-state index in [0.717, 1.165) is 30.4 Å². The van der Waals surface area contributed by atoms with Crippen LogP contribution < -0.4 is 11.3 Å². The van der Waals surface area contributed by atoms with Gasteiger partial charge < -0.3 is 4.74 Å². The van der Waals surface area contributed by atoms with E-state index >= 15 is 0 Å². The Kier molecular flexibility index (Phi) is 3.99. The summed E-state index contributed by atoms with van der Waals surface area (Å²) in [6, 6.07) is 4.18. The van der Waals surface area contributed by atoms with Crippen molar-refractivity contribution in [1.82, 2.24) is 5.43 Å². The molecule has 0 aromatic carbocycles. The number of nitrogens with two attached hydrogens (primary N) is 1. The van der Waals surface area contributed by atoms with Gasteiger partial charge in [0.05, 0.1) is 10.4 Å². The molecule has 84 valence electrons. The first-order chi connectivity index (χ1) is 7.31. The summed E-state index contributed by atoms with van der Waals surface area (Å²) in [4.78, 5) is 1.22.